The van der Waals surface area contributed by atoms with Gasteiger partial charge in [0.25, 0.3) is 5.35 Å². The van der Waals surface area contributed by atoms with E-state index in [1.54, 1.807) is 4.90 Å². The molecule has 4 rings (SSSR count). The van der Waals surface area contributed by atoms with E-state index in [4.69, 9.17) is 4.74 Å². The van der Waals surface area contributed by atoms with E-state index in [0.29, 0.717) is 12.0 Å². The Bertz CT molecular complexity index is 835. The topological polar surface area (TPSA) is 112 Å². The molecule has 3 aliphatic rings. The molecule has 3 heterocycles. The van der Waals surface area contributed by atoms with Crippen molar-refractivity contribution < 1.29 is 33.6 Å². The lowest BCUT2D eigenvalue weighted by molar-refractivity contribution is -0.580. The summed E-state index contributed by atoms with van der Waals surface area (Å²) in [7, 11) is 1.16. The molecule has 1 atom stereocenters. The van der Waals surface area contributed by atoms with Crippen LogP contribution in [0.15, 0.2) is 17.4 Å². The maximum atomic E-state index is 12.9. The molecular formula is C16H18N3O6-. The van der Waals surface area contributed by atoms with Gasteiger partial charge in [-0.3, -0.25) is 0 Å². The first-order chi connectivity index (χ1) is 12.0. The fourth-order valence-corrected chi connectivity index (χ4v) is 3.49. The summed E-state index contributed by atoms with van der Waals surface area (Å²) in [6, 6.07) is 1.28. The van der Waals surface area contributed by atoms with Crippen molar-refractivity contribution in [1.82, 2.24) is 4.90 Å². The molecule has 25 heavy (non-hydrogen) atoms. The van der Waals surface area contributed by atoms with E-state index in [1.807, 2.05) is 0 Å². The van der Waals surface area contributed by atoms with Crippen LogP contribution in [0.1, 0.15) is 25.7 Å². The number of nitrogens with zero attached hydrogens (tertiary/aromatic N) is 3. The number of ether oxygens (including phenoxy) is 3. The predicted octanol–water partition coefficient (Wildman–Crippen LogP) is -1.16. The zero-order valence-electron chi connectivity index (χ0n) is 13.8. The zero-order chi connectivity index (χ0) is 17.6. The Kier molecular flexibility index (Phi) is 3.59. The maximum Gasteiger partial charge on any atom is 0.510 e. The number of hydrogen-bond acceptors (Lipinski definition) is 8. The molecule has 2 aliphatic heterocycles. The highest BCUT2D eigenvalue weighted by atomic mass is 16.8. The number of hydrogen-bond donors (Lipinski definition) is 0. The molecule has 9 nitrogen and oxygen atoms in total. The number of aromatic nitrogens is 1. The summed E-state index contributed by atoms with van der Waals surface area (Å²) >= 11 is 0. The van der Waals surface area contributed by atoms with Gasteiger partial charge < -0.3 is 29.3 Å². The Hall–Kier alpha value is -2.71. The smallest absolute Gasteiger partial charge is 0.510 e. The molecule has 9 heteroatoms. The van der Waals surface area contributed by atoms with E-state index >= 15 is 0 Å². The highest BCUT2D eigenvalue weighted by Gasteiger charge is 2.49. The molecule has 1 aliphatic carbocycles. The molecule has 2 fully saturated rings. The van der Waals surface area contributed by atoms with Crippen molar-refractivity contribution in [2.45, 2.75) is 31.8 Å². The number of methoxy groups -OCH3 is 1. The van der Waals surface area contributed by atoms with E-state index in [0.717, 1.165) is 20.0 Å². The van der Waals surface area contributed by atoms with Gasteiger partial charge in [0.05, 0.1) is 7.11 Å². The Morgan fingerprint density at radius 3 is 2.96 bits per heavy atom. The van der Waals surface area contributed by atoms with E-state index < -0.39 is 18.7 Å². The van der Waals surface area contributed by atoms with Crippen LogP contribution < -0.4 is 24.7 Å². The largest absolute Gasteiger partial charge is 0.870 e. The maximum absolute atomic E-state index is 12.9. The minimum absolute atomic E-state index is 0.0592. The van der Waals surface area contributed by atoms with Crippen LogP contribution in [-0.2, 0) is 9.47 Å². The van der Waals surface area contributed by atoms with Crippen LogP contribution in [0.5, 0.6) is 11.5 Å². The van der Waals surface area contributed by atoms with Crippen molar-refractivity contribution in [2.75, 3.05) is 20.4 Å². The van der Waals surface area contributed by atoms with Crippen LogP contribution >= 0.6 is 0 Å². The van der Waals surface area contributed by atoms with Crippen molar-refractivity contribution >= 4 is 12.0 Å². The summed E-state index contributed by atoms with van der Waals surface area (Å²) in [4.78, 5) is 12.7. The molecule has 0 radical (unpaired) electrons. The van der Waals surface area contributed by atoms with Crippen LogP contribution in [0.4, 0.5) is 4.79 Å². The van der Waals surface area contributed by atoms with Crippen molar-refractivity contribution in [2.24, 2.45) is 10.5 Å². The number of rotatable bonds is 3. The quantitative estimate of drug-likeness (QED) is 0.385. The second-order valence-corrected chi connectivity index (χ2v) is 6.61. The van der Waals surface area contributed by atoms with Crippen molar-refractivity contribution in [3.05, 3.63) is 17.6 Å². The third-order valence-corrected chi connectivity index (χ3v) is 5.12. The second kappa shape index (κ2) is 5.68. The molecule has 0 amide bonds. The Morgan fingerprint density at radius 1 is 1.44 bits per heavy atom. The Balaban J connectivity index is 1.69. The van der Waals surface area contributed by atoms with Gasteiger partial charge in [0.1, 0.15) is 0 Å². The zero-order valence-corrected chi connectivity index (χ0v) is 13.8. The number of carbonyl (C=O) groups excluding carboxylic acids is 1. The minimum Gasteiger partial charge on any atom is -0.870 e. The van der Waals surface area contributed by atoms with Gasteiger partial charge in [0, 0.05) is 18.5 Å². The molecule has 1 unspecified atom stereocenters. The second-order valence-electron chi connectivity index (χ2n) is 6.61. The van der Waals surface area contributed by atoms with E-state index in [2.05, 4.69) is 14.6 Å². The third kappa shape index (κ3) is 2.69. The van der Waals surface area contributed by atoms with Crippen LogP contribution in [0.25, 0.3) is 5.88 Å². The van der Waals surface area contributed by atoms with Gasteiger partial charge in [0.2, 0.25) is 13.0 Å². The summed E-state index contributed by atoms with van der Waals surface area (Å²) in [6.07, 6.45) is 4.52. The Labute approximate surface area is 143 Å². The van der Waals surface area contributed by atoms with Gasteiger partial charge in [-0.05, 0) is 36.2 Å². The van der Waals surface area contributed by atoms with E-state index in [9.17, 15) is 15.0 Å². The van der Waals surface area contributed by atoms with Crippen molar-refractivity contribution in [3.8, 4) is 11.5 Å². The first-order valence-electron chi connectivity index (χ1n) is 8.14. The SMILES string of the molecule is COC(=O)OCOc1c([O-])cc[n+]2c1=C([O-])N1CCC3(CC3)CC1N=2. The molecular weight excluding hydrogens is 330 g/mol. The van der Waals surface area contributed by atoms with Crippen LogP contribution in [0.2, 0.25) is 0 Å². The average Bonchev–Trinajstić information content (AvgIpc) is 3.35. The number of piperidine rings is 1. The van der Waals surface area contributed by atoms with Crippen molar-refractivity contribution in [3.63, 3.8) is 0 Å². The predicted molar refractivity (Wildman–Crippen MR) is 77.3 cm³/mol. The van der Waals surface area contributed by atoms with Gasteiger partial charge in [-0.25, -0.2) is 4.79 Å². The number of carbonyl (C=O) groups is 1. The molecule has 1 aromatic rings. The Morgan fingerprint density at radius 2 is 2.24 bits per heavy atom. The van der Waals surface area contributed by atoms with E-state index in [1.165, 1.54) is 29.5 Å². The van der Waals surface area contributed by atoms with Crippen LogP contribution in [0.3, 0.4) is 0 Å². The van der Waals surface area contributed by atoms with Gasteiger partial charge in [-0.1, -0.05) is 10.1 Å². The lowest BCUT2D eigenvalue weighted by Crippen LogP contribution is -2.57. The van der Waals surface area contributed by atoms with Crippen molar-refractivity contribution in [1.29, 1.82) is 0 Å². The van der Waals surface area contributed by atoms with Gasteiger partial charge in [-0.2, -0.15) is 0 Å². The van der Waals surface area contributed by atoms with E-state index in [-0.39, 0.29) is 23.1 Å². The summed E-state index contributed by atoms with van der Waals surface area (Å²) in [5.41, 5.74) is 0.342. The number of pyridine rings is 1. The minimum atomic E-state index is -0.938. The molecule has 1 spiro atoms. The third-order valence-electron chi connectivity index (χ3n) is 5.12. The lowest BCUT2D eigenvalue weighted by atomic mass is 9.91. The van der Waals surface area contributed by atoms with Gasteiger partial charge in [-0.15, -0.1) is 0 Å². The lowest BCUT2D eigenvalue weighted by Gasteiger charge is -2.41. The van der Waals surface area contributed by atoms with Gasteiger partial charge >= 0.3 is 6.16 Å². The molecule has 0 aromatic carbocycles. The molecule has 1 saturated carbocycles. The highest BCUT2D eigenvalue weighted by molar-refractivity contribution is 5.59. The fraction of sp³-hybridized carbons (Fsp3) is 0.562. The van der Waals surface area contributed by atoms with Crippen LogP contribution in [-0.4, -0.2) is 37.7 Å². The van der Waals surface area contributed by atoms with Gasteiger partial charge in [0.15, 0.2) is 11.9 Å². The normalized spacial score (nSPS) is 22.5. The molecule has 134 valence electrons. The summed E-state index contributed by atoms with van der Waals surface area (Å²) in [5, 5.41) is 29.7. The summed E-state index contributed by atoms with van der Waals surface area (Å²) in [6.45, 7) is 0.0902. The monoisotopic (exact) mass is 348 g/mol. The fourth-order valence-electron chi connectivity index (χ4n) is 3.49. The molecule has 1 saturated heterocycles. The molecule has 1 aromatic heterocycles. The summed E-state index contributed by atoms with van der Waals surface area (Å²) in [5.74, 6) is -0.941. The van der Waals surface area contributed by atoms with Crippen LogP contribution in [0, 0.1) is 5.41 Å². The molecule has 0 N–H and O–H groups in total. The highest BCUT2D eigenvalue weighted by Crippen LogP contribution is 2.55. The standard InChI is InChI=1S/C16H18N3O6/c1-23-15(22)25-9-24-13-10(20)2-6-19-12(13)14(21)18-7-5-16(3-4-16)8-11(18)17-19/h2,6,11H,3-5,7-9H2,1H3/q-1. The number of fused-ring (bicyclic) bond motifs is 2. The average molecular weight is 348 g/mol. The summed E-state index contributed by atoms with van der Waals surface area (Å²) < 4.78 is 15.6. The molecule has 0 bridgehead atoms. The first-order valence-corrected chi connectivity index (χ1v) is 8.14. The first kappa shape index (κ1) is 15.8.